The van der Waals surface area contributed by atoms with Gasteiger partial charge in [0.1, 0.15) is 16.4 Å². The van der Waals surface area contributed by atoms with Crippen LogP contribution >= 0.6 is 0 Å². The summed E-state index contributed by atoms with van der Waals surface area (Å²) in [7, 11) is -3.10. The lowest BCUT2D eigenvalue weighted by Gasteiger charge is -2.29. The van der Waals surface area contributed by atoms with Gasteiger partial charge < -0.3 is 14.7 Å². The first kappa shape index (κ1) is 23.6. The summed E-state index contributed by atoms with van der Waals surface area (Å²) in [4.78, 5) is 31.8. The van der Waals surface area contributed by atoms with Crippen molar-refractivity contribution in [2.75, 3.05) is 28.3 Å². The van der Waals surface area contributed by atoms with Crippen LogP contribution in [-0.2, 0) is 19.4 Å². The highest BCUT2D eigenvalue weighted by Crippen LogP contribution is 2.26. The third kappa shape index (κ3) is 5.51. The van der Waals surface area contributed by atoms with Crippen LogP contribution in [0.2, 0.25) is 0 Å². The molecule has 1 aliphatic rings. The van der Waals surface area contributed by atoms with Gasteiger partial charge in [0, 0.05) is 22.9 Å². The number of hydrogen-bond acceptors (Lipinski definition) is 7. The van der Waals surface area contributed by atoms with E-state index in [-0.39, 0.29) is 42.7 Å². The molecular weight excluding hydrogens is 456 g/mol. The van der Waals surface area contributed by atoms with E-state index >= 15 is 0 Å². The minimum atomic E-state index is -3.10. The monoisotopic (exact) mass is 482 g/mol. The maximum absolute atomic E-state index is 13.4. The second-order valence-electron chi connectivity index (χ2n) is 8.50. The molecule has 1 aliphatic heterocycles. The second-order valence-corrected chi connectivity index (χ2v) is 10.8. The van der Waals surface area contributed by atoms with E-state index in [2.05, 4.69) is 15.5 Å². The third-order valence-electron chi connectivity index (χ3n) is 6.06. The Labute approximate surface area is 198 Å². The van der Waals surface area contributed by atoms with Crippen LogP contribution in [0.1, 0.15) is 24.0 Å². The molecule has 2 amide bonds. The zero-order chi connectivity index (χ0) is 24.3. The van der Waals surface area contributed by atoms with Crippen LogP contribution in [0.3, 0.4) is 0 Å². The zero-order valence-corrected chi connectivity index (χ0v) is 19.8. The van der Waals surface area contributed by atoms with Crippen LogP contribution in [-0.4, -0.2) is 48.4 Å². The number of aryl methyl sites for hydroxylation is 2. The van der Waals surface area contributed by atoms with E-state index in [1.54, 1.807) is 24.3 Å². The summed E-state index contributed by atoms with van der Waals surface area (Å²) in [5.74, 6) is -0.610. The number of anilines is 2. The lowest BCUT2D eigenvalue weighted by molar-refractivity contribution is -0.124. The van der Waals surface area contributed by atoms with Gasteiger partial charge in [-0.05, 0) is 74.2 Å². The van der Waals surface area contributed by atoms with Gasteiger partial charge in [-0.2, -0.15) is 4.98 Å². The molecule has 3 aromatic rings. The SMILES string of the molecule is Cc1ccc(N(CC(=O)Nc2ccc(-c3ncon3)cc2)C(=O)C2CCS(=O)(=O)CC2)cc1C. The van der Waals surface area contributed by atoms with E-state index in [1.807, 2.05) is 32.0 Å². The summed E-state index contributed by atoms with van der Waals surface area (Å²) in [5, 5.41) is 6.60. The number of aromatic nitrogens is 2. The zero-order valence-electron chi connectivity index (χ0n) is 19.0. The Bertz CT molecular complexity index is 1270. The normalized spacial score (nSPS) is 15.6. The summed E-state index contributed by atoms with van der Waals surface area (Å²) >= 11 is 0. The number of nitrogens with zero attached hydrogens (tertiary/aromatic N) is 3. The van der Waals surface area contributed by atoms with Crippen LogP contribution in [0.25, 0.3) is 11.4 Å². The number of hydrogen-bond donors (Lipinski definition) is 1. The maximum Gasteiger partial charge on any atom is 0.244 e. The Morgan fingerprint density at radius 3 is 2.38 bits per heavy atom. The topological polar surface area (TPSA) is 122 Å². The molecule has 2 heterocycles. The fourth-order valence-corrected chi connectivity index (χ4v) is 5.38. The molecular formula is C24H26N4O5S. The van der Waals surface area contributed by atoms with Crippen molar-refractivity contribution in [1.82, 2.24) is 10.1 Å². The van der Waals surface area contributed by atoms with Crippen LogP contribution < -0.4 is 10.2 Å². The third-order valence-corrected chi connectivity index (χ3v) is 7.78. The van der Waals surface area contributed by atoms with E-state index in [0.29, 0.717) is 17.2 Å². The Morgan fingerprint density at radius 1 is 1.06 bits per heavy atom. The molecule has 0 atom stereocenters. The van der Waals surface area contributed by atoms with E-state index in [1.165, 1.54) is 11.3 Å². The number of carbonyl (C=O) groups excluding carboxylic acids is 2. The molecule has 4 rings (SSSR count). The average molecular weight is 483 g/mol. The predicted octanol–water partition coefficient (Wildman–Crippen LogP) is 3.15. The first-order valence-electron chi connectivity index (χ1n) is 11.0. The van der Waals surface area contributed by atoms with Crippen molar-refractivity contribution < 1.29 is 22.5 Å². The van der Waals surface area contributed by atoms with Crippen molar-refractivity contribution in [2.24, 2.45) is 5.92 Å². The van der Waals surface area contributed by atoms with E-state index in [0.717, 1.165) is 16.7 Å². The van der Waals surface area contributed by atoms with Crippen LogP contribution in [0.4, 0.5) is 11.4 Å². The van der Waals surface area contributed by atoms with Gasteiger partial charge in [-0.1, -0.05) is 11.2 Å². The lowest BCUT2D eigenvalue weighted by Crippen LogP contribution is -2.43. The minimum Gasteiger partial charge on any atom is -0.342 e. The van der Waals surface area contributed by atoms with Crippen molar-refractivity contribution in [3.63, 3.8) is 0 Å². The highest BCUT2D eigenvalue weighted by molar-refractivity contribution is 7.91. The van der Waals surface area contributed by atoms with Crippen LogP contribution in [0.5, 0.6) is 0 Å². The van der Waals surface area contributed by atoms with Crippen molar-refractivity contribution in [3.05, 3.63) is 60.0 Å². The standard InChI is InChI=1S/C24H26N4O5S/c1-16-3-8-21(13-17(16)2)28(24(30)19-9-11-34(31,32)12-10-19)14-22(29)26-20-6-4-18(5-7-20)23-25-15-33-27-23/h3-8,13,15,19H,9-12,14H2,1-2H3,(H,26,29). The highest BCUT2D eigenvalue weighted by Gasteiger charge is 2.32. The van der Waals surface area contributed by atoms with Gasteiger partial charge in [0.2, 0.25) is 24.0 Å². The van der Waals surface area contributed by atoms with Crippen LogP contribution in [0.15, 0.2) is 53.4 Å². The average Bonchev–Trinajstić information content (AvgIpc) is 3.34. The maximum atomic E-state index is 13.4. The van der Waals surface area contributed by atoms with Gasteiger partial charge >= 0.3 is 0 Å². The molecule has 2 aromatic carbocycles. The van der Waals surface area contributed by atoms with Crippen molar-refractivity contribution in [3.8, 4) is 11.4 Å². The van der Waals surface area contributed by atoms with E-state index < -0.39 is 15.8 Å². The molecule has 0 bridgehead atoms. The fourth-order valence-electron chi connectivity index (χ4n) is 3.89. The Morgan fingerprint density at radius 2 is 1.76 bits per heavy atom. The number of benzene rings is 2. The predicted molar refractivity (Wildman–Crippen MR) is 128 cm³/mol. The molecule has 0 unspecified atom stereocenters. The Kier molecular flexibility index (Phi) is 6.78. The van der Waals surface area contributed by atoms with Gasteiger partial charge in [0.25, 0.3) is 0 Å². The number of carbonyl (C=O) groups is 2. The summed E-state index contributed by atoms with van der Waals surface area (Å²) < 4.78 is 28.4. The molecule has 34 heavy (non-hydrogen) atoms. The van der Waals surface area contributed by atoms with Gasteiger partial charge in [0.05, 0.1) is 11.5 Å². The molecule has 178 valence electrons. The largest absolute Gasteiger partial charge is 0.342 e. The van der Waals surface area contributed by atoms with Crippen LogP contribution in [0, 0.1) is 19.8 Å². The Balaban J connectivity index is 1.51. The summed E-state index contributed by atoms with van der Waals surface area (Å²) in [6.07, 6.45) is 1.77. The summed E-state index contributed by atoms with van der Waals surface area (Å²) in [6.45, 7) is 3.74. The molecule has 0 spiro atoms. The minimum absolute atomic E-state index is 0.0108. The van der Waals surface area contributed by atoms with Crippen molar-refractivity contribution in [2.45, 2.75) is 26.7 Å². The van der Waals surface area contributed by atoms with Gasteiger partial charge in [-0.25, -0.2) is 8.42 Å². The summed E-state index contributed by atoms with van der Waals surface area (Å²) in [6, 6.07) is 12.6. The quantitative estimate of drug-likeness (QED) is 0.573. The molecule has 1 fully saturated rings. The molecule has 10 heteroatoms. The molecule has 0 saturated carbocycles. The molecule has 1 aromatic heterocycles. The first-order chi connectivity index (χ1) is 16.2. The molecule has 1 N–H and O–H groups in total. The number of amides is 2. The van der Waals surface area contributed by atoms with Crippen molar-refractivity contribution in [1.29, 1.82) is 0 Å². The first-order valence-corrected chi connectivity index (χ1v) is 12.8. The van der Waals surface area contributed by atoms with E-state index in [4.69, 9.17) is 4.52 Å². The fraction of sp³-hybridized carbons (Fsp3) is 0.333. The van der Waals surface area contributed by atoms with Gasteiger partial charge in [0.15, 0.2) is 0 Å². The molecule has 1 saturated heterocycles. The number of sulfone groups is 1. The Hall–Kier alpha value is -3.53. The lowest BCUT2D eigenvalue weighted by atomic mass is 10.00. The molecule has 0 radical (unpaired) electrons. The van der Waals surface area contributed by atoms with Crippen molar-refractivity contribution >= 4 is 33.0 Å². The highest BCUT2D eigenvalue weighted by atomic mass is 32.2. The van der Waals surface area contributed by atoms with Gasteiger partial charge in [-0.15, -0.1) is 0 Å². The van der Waals surface area contributed by atoms with Gasteiger partial charge in [-0.3, -0.25) is 9.59 Å². The summed E-state index contributed by atoms with van der Waals surface area (Å²) in [5.41, 5.74) is 3.99. The number of rotatable bonds is 6. The number of nitrogens with one attached hydrogen (secondary N) is 1. The second kappa shape index (κ2) is 9.76. The molecule has 0 aliphatic carbocycles. The molecule has 9 nitrogen and oxygen atoms in total. The van der Waals surface area contributed by atoms with E-state index in [9.17, 15) is 18.0 Å². The smallest absolute Gasteiger partial charge is 0.244 e.